The largest absolute Gasteiger partial charge is 0.573 e. The highest BCUT2D eigenvalue weighted by Gasteiger charge is 2.32. The molecule has 0 unspecified atom stereocenters. The first-order valence-electron chi connectivity index (χ1n) is 9.82. The van der Waals surface area contributed by atoms with Crippen molar-refractivity contribution in [3.8, 4) is 11.5 Å². The number of ether oxygens (including phenoxy) is 2. The molecule has 1 heterocycles. The van der Waals surface area contributed by atoms with Gasteiger partial charge < -0.3 is 14.8 Å². The van der Waals surface area contributed by atoms with Gasteiger partial charge in [0, 0.05) is 31.7 Å². The molecule has 4 rings (SSSR count). The first kappa shape index (κ1) is 26.1. The van der Waals surface area contributed by atoms with Crippen molar-refractivity contribution in [3.63, 3.8) is 0 Å². The van der Waals surface area contributed by atoms with Crippen molar-refractivity contribution >= 4 is 35.6 Å². The lowest BCUT2D eigenvalue weighted by Gasteiger charge is -2.36. The Bertz CT molecular complexity index is 1010. The maximum Gasteiger partial charge on any atom is 0.573 e. The maximum atomic E-state index is 12.6. The number of fused-ring (bicyclic) bond motifs is 1. The minimum Gasteiger partial charge on any atom is -0.496 e. The lowest BCUT2D eigenvalue weighted by atomic mass is 9.91. The van der Waals surface area contributed by atoms with Gasteiger partial charge in [0.05, 0.1) is 13.2 Å². The molecule has 1 aliphatic rings. The standard InChI is InChI=1S/C23H23F3N2O2.2ClH/c1-29-20-11-8-16-4-2-3-5-19(16)21(20)22(28-14-12-27-13-15-28)17-6-9-18(10-7-17)30-23(24,25)26;;/h2-11,22,27H,12-15H2,1H3;2*1H/t22-;;/m1../s1. The van der Waals surface area contributed by atoms with Crippen molar-refractivity contribution < 1.29 is 22.6 Å². The topological polar surface area (TPSA) is 33.7 Å². The van der Waals surface area contributed by atoms with E-state index < -0.39 is 6.36 Å². The minimum absolute atomic E-state index is 0. The Morgan fingerprint density at radius 1 is 0.906 bits per heavy atom. The molecule has 32 heavy (non-hydrogen) atoms. The molecule has 3 aromatic rings. The third kappa shape index (κ3) is 5.78. The van der Waals surface area contributed by atoms with Crippen molar-refractivity contribution in [2.45, 2.75) is 12.4 Å². The highest BCUT2D eigenvalue weighted by molar-refractivity contribution is 5.88. The molecule has 174 valence electrons. The lowest BCUT2D eigenvalue weighted by molar-refractivity contribution is -0.274. The fourth-order valence-corrected chi connectivity index (χ4v) is 4.09. The summed E-state index contributed by atoms with van der Waals surface area (Å²) in [4.78, 5) is 2.33. The molecule has 1 saturated heterocycles. The molecule has 0 amide bonds. The monoisotopic (exact) mass is 488 g/mol. The zero-order chi connectivity index (χ0) is 21.1. The molecule has 1 N–H and O–H groups in total. The third-order valence-electron chi connectivity index (χ3n) is 5.37. The van der Waals surface area contributed by atoms with Crippen LogP contribution >= 0.6 is 24.8 Å². The highest BCUT2D eigenvalue weighted by atomic mass is 35.5. The van der Waals surface area contributed by atoms with Gasteiger partial charge in [-0.3, -0.25) is 4.90 Å². The Morgan fingerprint density at radius 3 is 2.19 bits per heavy atom. The van der Waals surface area contributed by atoms with Gasteiger partial charge in [-0.1, -0.05) is 42.5 Å². The molecule has 4 nitrogen and oxygen atoms in total. The summed E-state index contributed by atoms with van der Waals surface area (Å²) in [7, 11) is 1.64. The number of nitrogens with one attached hydrogen (secondary N) is 1. The van der Waals surface area contributed by atoms with Crippen molar-refractivity contribution in [3.05, 3.63) is 71.8 Å². The molecule has 0 saturated carbocycles. The number of piperazine rings is 1. The van der Waals surface area contributed by atoms with Crippen LogP contribution in [0.3, 0.4) is 0 Å². The quantitative estimate of drug-likeness (QED) is 0.507. The molecule has 1 aliphatic heterocycles. The van der Waals surface area contributed by atoms with Gasteiger partial charge in [0.1, 0.15) is 11.5 Å². The molecule has 3 aromatic carbocycles. The fraction of sp³-hybridized carbons (Fsp3) is 0.304. The summed E-state index contributed by atoms with van der Waals surface area (Å²) < 4.78 is 47.5. The second-order valence-electron chi connectivity index (χ2n) is 7.21. The predicted molar refractivity (Wildman–Crippen MR) is 124 cm³/mol. The smallest absolute Gasteiger partial charge is 0.496 e. The van der Waals surface area contributed by atoms with Crippen molar-refractivity contribution in [2.24, 2.45) is 0 Å². The summed E-state index contributed by atoms with van der Waals surface area (Å²) >= 11 is 0. The van der Waals surface area contributed by atoms with E-state index in [2.05, 4.69) is 21.0 Å². The minimum atomic E-state index is -4.71. The van der Waals surface area contributed by atoms with Crippen LogP contribution < -0.4 is 14.8 Å². The Morgan fingerprint density at radius 2 is 1.56 bits per heavy atom. The molecule has 0 bridgehead atoms. The number of hydrogen-bond acceptors (Lipinski definition) is 4. The van der Waals surface area contributed by atoms with E-state index in [4.69, 9.17) is 4.74 Å². The SMILES string of the molecule is COc1ccc2ccccc2c1[C@@H](c1ccc(OC(F)(F)F)cc1)N1CCNCC1.Cl.Cl. The summed E-state index contributed by atoms with van der Waals surface area (Å²) in [6, 6.07) is 18.0. The van der Waals surface area contributed by atoms with Gasteiger partial charge >= 0.3 is 6.36 Å². The summed E-state index contributed by atoms with van der Waals surface area (Å²) in [6.07, 6.45) is -4.71. The maximum absolute atomic E-state index is 12.6. The molecule has 9 heteroatoms. The van der Waals surface area contributed by atoms with Gasteiger partial charge in [-0.2, -0.15) is 0 Å². The van der Waals surface area contributed by atoms with E-state index in [1.807, 2.05) is 30.3 Å². The van der Waals surface area contributed by atoms with Gasteiger partial charge in [-0.05, 0) is 34.5 Å². The number of hydrogen-bond donors (Lipinski definition) is 1. The van der Waals surface area contributed by atoms with Gasteiger partial charge in [-0.15, -0.1) is 38.0 Å². The van der Waals surface area contributed by atoms with Crippen LogP contribution in [0.15, 0.2) is 60.7 Å². The molecule has 0 spiro atoms. The van der Waals surface area contributed by atoms with Crippen LogP contribution in [0.5, 0.6) is 11.5 Å². The molecular weight excluding hydrogens is 464 g/mol. The number of alkyl halides is 3. The Kier molecular flexibility index (Phi) is 9.04. The van der Waals surface area contributed by atoms with E-state index in [1.165, 1.54) is 12.1 Å². The molecular formula is C23H25Cl2F3N2O2. The summed E-state index contributed by atoms with van der Waals surface area (Å²) in [5, 5.41) is 5.51. The molecule has 0 radical (unpaired) electrons. The van der Waals surface area contributed by atoms with Gasteiger partial charge in [0.25, 0.3) is 0 Å². The van der Waals surface area contributed by atoms with Crippen LogP contribution in [0.25, 0.3) is 10.8 Å². The first-order valence-corrected chi connectivity index (χ1v) is 9.82. The summed E-state index contributed by atoms with van der Waals surface area (Å²) in [5.41, 5.74) is 1.91. The van der Waals surface area contributed by atoms with Crippen LogP contribution in [0.2, 0.25) is 0 Å². The second-order valence-corrected chi connectivity index (χ2v) is 7.21. The second kappa shape index (κ2) is 11.1. The summed E-state index contributed by atoms with van der Waals surface area (Å²) in [5.74, 6) is 0.531. The van der Waals surface area contributed by atoms with E-state index in [9.17, 15) is 13.2 Å². The highest BCUT2D eigenvalue weighted by Crippen LogP contribution is 2.40. The average Bonchev–Trinajstić information content (AvgIpc) is 2.75. The number of benzene rings is 3. The number of methoxy groups -OCH3 is 1. The van der Waals surface area contributed by atoms with Crippen molar-refractivity contribution in [1.82, 2.24) is 10.2 Å². The average molecular weight is 489 g/mol. The van der Waals surface area contributed by atoms with E-state index in [0.717, 1.165) is 53.8 Å². The van der Waals surface area contributed by atoms with Gasteiger partial charge in [0.2, 0.25) is 0 Å². The van der Waals surface area contributed by atoms with Crippen LogP contribution in [0.4, 0.5) is 13.2 Å². The normalized spacial score (nSPS) is 15.4. The van der Waals surface area contributed by atoms with Crippen LogP contribution in [0.1, 0.15) is 17.2 Å². The predicted octanol–water partition coefficient (Wildman–Crippen LogP) is 5.59. The fourth-order valence-electron chi connectivity index (χ4n) is 4.09. The first-order chi connectivity index (χ1) is 14.5. The zero-order valence-corrected chi connectivity index (χ0v) is 19.0. The summed E-state index contributed by atoms with van der Waals surface area (Å²) in [6.45, 7) is 3.33. The lowest BCUT2D eigenvalue weighted by Crippen LogP contribution is -2.45. The number of halogens is 5. The van der Waals surface area contributed by atoms with Crippen LogP contribution in [-0.4, -0.2) is 44.6 Å². The number of nitrogens with zero attached hydrogens (tertiary/aromatic N) is 1. The number of rotatable bonds is 5. The van der Waals surface area contributed by atoms with Gasteiger partial charge in [-0.25, -0.2) is 0 Å². The van der Waals surface area contributed by atoms with E-state index >= 15 is 0 Å². The van der Waals surface area contributed by atoms with Crippen molar-refractivity contribution in [1.29, 1.82) is 0 Å². The Hall–Kier alpha value is -2.19. The van der Waals surface area contributed by atoms with Crippen LogP contribution in [0, 0.1) is 0 Å². The Balaban J connectivity index is 0.00000181. The van der Waals surface area contributed by atoms with Crippen molar-refractivity contribution in [2.75, 3.05) is 33.3 Å². The molecule has 0 aliphatic carbocycles. The molecule has 1 fully saturated rings. The third-order valence-corrected chi connectivity index (χ3v) is 5.37. The van der Waals surface area contributed by atoms with E-state index in [1.54, 1.807) is 19.2 Å². The molecule has 1 atom stereocenters. The van der Waals surface area contributed by atoms with E-state index in [-0.39, 0.29) is 36.6 Å². The zero-order valence-electron chi connectivity index (χ0n) is 17.4. The van der Waals surface area contributed by atoms with E-state index in [0.29, 0.717) is 0 Å². The Labute approximate surface area is 197 Å². The molecule has 0 aromatic heterocycles. The van der Waals surface area contributed by atoms with Crippen LogP contribution in [-0.2, 0) is 0 Å². The van der Waals surface area contributed by atoms with Gasteiger partial charge in [0.15, 0.2) is 0 Å².